The van der Waals surface area contributed by atoms with Crippen LogP contribution in [0.3, 0.4) is 0 Å². The number of carbonyl (C=O) groups is 1. The third kappa shape index (κ3) is 3.57. The van der Waals surface area contributed by atoms with Crippen molar-refractivity contribution in [3.05, 3.63) is 52.2 Å². The number of pyridine rings is 1. The summed E-state index contributed by atoms with van der Waals surface area (Å²) in [5.41, 5.74) is 5.51. The number of amides is 1. The molecule has 1 aromatic carbocycles. The Morgan fingerprint density at radius 3 is 2.79 bits per heavy atom. The molecule has 0 aliphatic carbocycles. The van der Waals surface area contributed by atoms with Crippen LogP contribution in [-0.4, -0.2) is 48.6 Å². The number of anilines is 1. The molecule has 0 saturated carbocycles. The first-order valence-electron chi connectivity index (χ1n) is 10.6. The topological polar surface area (TPSA) is 57.7 Å². The van der Waals surface area contributed by atoms with Crippen LogP contribution in [0, 0.1) is 6.92 Å². The van der Waals surface area contributed by atoms with Crippen LogP contribution in [0.1, 0.15) is 45.6 Å². The standard InChI is InChI=1S/C23H28N4O2/c1-15-11-20-21(13-24-23(20)28)25-22(15)27-9-6-18(7-10-27)29-19-4-3-16-5-8-26(2)14-17(16)12-19/h3-4,11-12,18H,5-10,13-14H2,1-2H3,(H,24,28). The number of fused-ring (bicyclic) bond motifs is 2. The minimum atomic E-state index is -0.00879. The molecule has 1 amide bonds. The summed E-state index contributed by atoms with van der Waals surface area (Å²) >= 11 is 0. The molecule has 3 aliphatic rings. The number of hydrogen-bond acceptors (Lipinski definition) is 5. The lowest BCUT2D eigenvalue weighted by Gasteiger charge is -2.34. The van der Waals surface area contributed by atoms with Gasteiger partial charge in [0.15, 0.2) is 0 Å². The first-order valence-corrected chi connectivity index (χ1v) is 10.6. The SMILES string of the molecule is Cc1cc2c(nc1N1CCC(Oc3ccc4c(c3)CN(C)CC4)CC1)CNC2=O. The van der Waals surface area contributed by atoms with Crippen LogP contribution in [0.4, 0.5) is 5.82 Å². The van der Waals surface area contributed by atoms with Crippen molar-refractivity contribution in [2.24, 2.45) is 0 Å². The van der Waals surface area contributed by atoms with Gasteiger partial charge in [-0.25, -0.2) is 4.98 Å². The molecule has 6 nitrogen and oxygen atoms in total. The second-order valence-corrected chi connectivity index (χ2v) is 8.53. The normalized spacial score (nSPS) is 19.7. The number of carbonyl (C=O) groups excluding carboxylic acids is 1. The summed E-state index contributed by atoms with van der Waals surface area (Å²) in [7, 11) is 2.17. The number of likely N-dealkylation sites (N-methyl/N-ethyl adjacent to an activating group) is 1. The Balaban J connectivity index is 1.24. The zero-order valence-corrected chi connectivity index (χ0v) is 17.2. The van der Waals surface area contributed by atoms with Gasteiger partial charge in [-0.2, -0.15) is 0 Å². The predicted molar refractivity (Wildman–Crippen MR) is 112 cm³/mol. The summed E-state index contributed by atoms with van der Waals surface area (Å²) in [6.45, 7) is 6.56. The van der Waals surface area contributed by atoms with E-state index in [9.17, 15) is 4.79 Å². The van der Waals surface area contributed by atoms with Crippen LogP contribution in [0.2, 0.25) is 0 Å². The van der Waals surface area contributed by atoms with E-state index >= 15 is 0 Å². The number of benzene rings is 1. The number of hydrogen-bond donors (Lipinski definition) is 1. The Labute approximate surface area is 171 Å². The molecule has 6 heteroatoms. The average molecular weight is 393 g/mol. The Hall–Kier alpha value is -2.60. The minimum Gasteiger partial charge on any atom is -0.490 e. The van der Waals surface area contributed by atoms with E-state index in [1.54, 1.807) is 0 Å². The zero-order chi connectivity index (χ0) is 20.0. The lowest BCUT2D eigenvalue weighted by atomic mass is 10.00. The molecule has 0 spiro atoms. The van der Waals surface area contributed by atoms with Crippen molar-refractivity contribution in [2.45, 2.75) is 45.4 Å². The molecule has 1 saturated heterocycles. The summed E-state index contributed by atoms with van der Waals surface area (Å²) in [5.74, 6) is 2.00. The Bertz CT molecular complexity index is 950. The van der Waals surface area contributed by atoms with E-state index in [0.29, 0.717) is 6.54 Å². The van der Waals surface area contributed by atoms with Crippen molar-refractivity contribution in [2.75, 3.05) is 31.6 Å². The van der Waals surface area contributed by atoms with Gasteiger partial charge in [-0.1, -0.05) is 6.07 Å². The molecule has 5 rings (SSSR count). The van der Waals surface area contributed by atoms with Crippen molar-refractivity contribution in [1.29, 1.82) is 0 Å². The fourth-order valence-corrected chi connectivity index (χ4v) is 4.68. The van der Waals surface area contributed by atoms with Gasteiger partial charge < -0.3 is 19.9 Å². The van der Waals surface area contributed by atoms with Gasteiger partial charge in [-0.15, -0.1) is 0 Å². The van der Waals surface area contributed by atoms with Gasteiger partial charge >= 0.3 is 0 Å². The number of ether oxygens (including phenoxy) is 1. The fourth-order valence-electron chi connectivity index (χ4n) is 4.68. The number of nitrogens with zero attached hydrogens (tertiary/aromatic N) is 3. The molecule has 0 bridgehead atoms. The van der Waals surface area contributed by atoms with E-state index in [0.717, 1.165) is 73.8 Å². The number of aryl methyl sites for hydroxylation is 1. The van der Waals surface area contributed by atoms with Gasteiger partial charge in [0.05, 0.1) is 17.8 Å². The molecule has 0 radical (unpaired) electrons. The van der Waals surface area contributed by atoms with Gasteiger partial charge in [0.25, 0.3) is 5.91 Å². The Morgan fingerprint density at radius 1 is 1.14 bits per heavy atom. The molecule has 3 aliphatic heterocycles. The molecule has 152 valence electrons. The van der Waals surface area contributed by atoms with Crippen molar-refractivity contribution in [1.82, 2.24) is 15.2 Å². The van der Waals surface area contributed by atoms with Crippen molar-refractivity contribution < 1.29 is 9.53 Å². The fraction of sp³-hybridized carbons (Fsp3) is 0.478. The van der Waals surface area contributed by atoms with Gasteiger partial charge in [-0.3, -0.25) is 4.79 Å². The Kier molecular flexibility index (Phi) is 4.66. The first-order chi connectivity index (χ1) is 14.1. The van der Waals surface area contributed by atoms with E-state index in [1.165, 1.54) is 11.1 Å². The van der Waals surface area contributed by atoms with Crippen molar-refractivity contribution in [3.8, 4) is 5.75 Å². The second kappa shape index (κ2) is 7.34. The predicted octanol–water partition coefficient (Wildman–Crippen LogP) is 2.67. The molecule has 1 aromatic heterocycles. The maximum absolute atomic E-state index is 11.8. The third-order valence-corrected chi connectivity index (χ3v) is 6.35. The quantitative estimate of drug-likeness (QED) is 0.870. The van der Waals surface area contributed by atoms with Gasteiger partial charge in [0, 0.05) is 39.0 Å². The highest BCUT2D eigenvalue weighted by Gasteiger charge is 2.27. The molecule has 0 atom stereocenters. The highest BCUT2D eigenvalue weighted by Crippen LogP contribution is 2.29. The summed E-state index contributed by atoms with van der Waals surface area (Å²) in [6, 6.07) is 8.58. The van der Waals surface area contributed by atoms with E-state index in [-0.39, 0.29) is 12.0 Å². The summed E-state index contributed by atoms with van der Waals surface area (Å²) in [5, 5.41) is 2.86. The number of aromatic nitrogens is 1. The third-order valence-electron chi connectivity index (χ3n) is 6.35. The number of nitrogens with one attached hydrogen (secondary N) is 1. The zero-order valence-electron chi connectivity index (χ0n) is 17.2. The molecule has 1 fully saturated rings. The van der Waals surface area contributed by atoms with E-state index in [1.807, 2.05) is 13.0 Å². The van der Waals surface area contributed by atoms with Crippen LogP contribution in [0.5, 0.6) is 5.75 Å². The first kappa shape index (κ1) is 18.4. The number of piperidine rings is 1. The van der Waals surface area contributed by atoms with Crippen LogP contribution < -0.4 is 15.0 Å². The molecule has 2 aromatic rings. The molecule has 29 heavy (non-hydrogen) atoms. The van der Waals surface area contributed by atoms with Gasteiger partial charge in [-0.05, 0) is 55.3 Å². The smallest absolute Gasteiger partial charge is 0.253 e. The number of rotatable bonds is 3. The van der Waals surface area contributed by atoms with E-state index in [4.69, 9.17) is 9.72 Å². The minimum absolute atomic E-state index is 0.00879. The highest BCUT2D eigenvalue weighted by molar-refractivity contribution is 5.98. The van der Waals surface area contributed by atoms with Crippen LogP contribution >= 0.6 is 0 Å². The maximum atomic E-state index is 11.8. The van der Waals surface area contributed by atoms with E-state index in [2.05, 4.69) is 40.4 Å². The summed E-state index contributed by atoms with van der Waals surface area (Å²) in [6.07, 6.45) is 3.32. The lowest BCUT2D eigenvalue weighted by molar-refractivity contribution is 0.0965. The van der Waals surface area contributed by atoms with Crippen LogP contribution in [0.15, 0.2) is 24.3 Å². The molecule has 0 unspecified atom stereocenters. The van der Waals surface area contributed by atoms with Gasteiger partial charge in [0.2, 0.25) is 0 Å². The van der Waals surface area contributed by atoms with Crippen molar-refractivity contribution >= 4 is 11.7 Å². The van der Waals surface area contributed by atoms with Crippen molar-refractivity contribution in [3.63, 3.8) is 0 Å². The molecule has 1 N–H and O–H groups in total. The summed E-state index contributed by atoms with van der Waals surface area (Å²) in [4.78, 5) is 21.3. The summed E-state index contributed by atoms with van der Waals surface area (Å²) < 4.78 is 6.34. The van der Waals surface area contributed by atoms with E-state index < -0.39 is 0 Å². The monoisotopic (exact) mass is 392 g/mol. The highest BCUT2D eigenvalue weighted by atomic mass is 16.5. The van der Waals surface area contributed by atoms with Crippen LogP contribution in [-0.2, 0) is 19.5 Å². The van der Waals surface area contributed by atoms with Crippen LogP contribution in [0.25, 0.3) is 0 Å². The lowest BCUT2D eigenvalue weighted by Crippen LogP contribution is -2.39. The molecular weight excluding hydrogens is 364 g/mol. The van der Waals surface area contributed by atoms with Gasteiger partial charge in [0.1, 0.15) is 17.7 Å². The molecular formula is C23H28N4O2. The average Bonchev–Trinajstić information content (AvgIpc) is 3.07. The maximum Gasteiger partial charge on any atom is 0.253 e. The Morgan fingerprint density at radius 2 is 1.97 bits per heavy atom. The largest absolute Gasteiger partial charge is 0.490 e. The molecule has 4 heterocycles. The second-order valence-electron chi connectivity index (χ2n) is 8.53.